The number of carbonyl (C=O) groups is 1. The third-order valence-corrected chi connectivity index (χ3v) is 4.53. The molecular formula is C19H31N3O5. The highest BCUT2D eigenvalue weighted by Gasteiger charge is 2.30. The molecule has 0 unspecified atom stereocenters. The van der Waals surface area contributed by atoms with Crippen molar-refractivity contribution in [1.82, 2.24) is 9.80 Å². The SMILES string of the molecule is CCc1c(COC)cc(N2CN(COC)C(=O)N(COC)C2)cc1COC. The first kappa shape index (κ1) is 21.4. The summed E-state index contributed by atoms with van der Waals surface area (Å²) in [5.74, 6) is 0. The fourth-order valence-electron chi connectivity index (χ4n) is 3.43. The van der Waals surface area contributed by atoms with Crippen LogP contribution in [0.5, 0.6) is 0 Å². The summed E-state index contributed by atoms with van der Waals surface area (Å²) < 4.78 is 21.2. The van der Waals surface area contributed by atoms with Gasteiger partial charge in [0, 0.05) is 34.1 Å². The number of methoxy groups -OCH3 is 4. The van der Waals surface area contributed by atoms with Gasteiger partial charge in [0.05, 0.1) is 26.6 Å². The molecule has 1 aliphatic rings. The molecule has 27 heavy (non-hydrogen) atoms. The number of benzene rings is 1. The summed E-state index contributed by atoms with van der Waals surface area (Å²) in [6.07, 6.45) is 0.905. The number of nitrogens with zero attached hydrogens (tertiary/aromatic N) is 3. The van der Waals surface area contributed by atoms with Gasteiger partial charge in [-0.15, -0.1) is 0 Å². The van der Waals surface area contributed by atoms with Crippen LogP contribution in [0.15, 0.2) is 12.1 Å². The van der Waals surface area contributed by atoms with Crippen LogP contribution in [0.4, 0.5) is 10.5 Å². The summed E-state index contributed by atoms with van der Waals surface area (Å²) in [4.78, 5) is 18.0. The van der Waals surface area contributed by atoms with Gasteiger partial charge in [0.15, 0.2) is 0 Å². The van der Waals surface area contributed by atoms with E-state index in [0.717, 1.165) is 23.2 Å². The van der Waals surface area contributed by atoms with E-state index < -0.39 is 0 Å². The first-order valence-corrected chi connectivity index (χ1v) is 8.98. The standard InChI is InChI=1S/C19H31N3O5/c1-6-18-15(9-24-2)7-17(8-16(18)10-25-3)20-11-21(13-26-4)19(23)22(12-20)14-27-5/h7-8H,6,9-14H2,1-5H3. The molecule has 1 aromatic rings. The van der Waals surface area contributed by atoms with Crippen LogP contribution < -0.4 is 4.90 Å². The number of amides is 2. The number of hydrogen-bond acceptors (Lipinski definition) is 6. The van der Waals surface area contributed by atoms with E-state index in [0.29, 0.717) is 26.6 Å². The molecule has 0 spiro atoms. The van der Waals surface area contributed by atoms with Crippen LogP contribution in [0.1, 0.15) is 23.6 Å². The van der Waals surface area contributed by atoms with Crippen molar-refractivity contribution in [3.05, 3.63) is 28.8 Å². The first-order valence-electron chi connectivity index (χ1n) is 8.98. The average molecular weight is 381 g/mol. The molecule has 2 amide bonds. The predicted octanol–water partition coefficient (Wildman–Crippen LogP) is 2.21. The van der Waals surface area contributed by atoms with Crippen LogP contribution in [0.3, 0.4) is 0 Å². The van der Waals surface area contributed by atoms with Gasteiger partial charge < -0.3 is 23.8 Å². The Morgan fingerprint density at radius 2 is 1.33 bits per heavy atom. The molecule has 1 heterocycles. The molecule has 0 aliphatic carbocycles. The van der Waals surface area contributed by atoms with E-state index in [1.807, 2.05) is 0 Å². The zero-order valence-corrected chi connectivity index (χ0v) is 17.0. The highest BCUT2D eigenvalue weighted by atomic mass is 16.5. The van der Waals surface area contributed by atoms with Crippen LogP contribution in [-0.2, 0) is 38.6 Å². The van der Waals surface area contributed by atoms with Crippen molar-refractivity contribution in [3.8, 4) is 0 Å². The largest absolute Gasteiger partial charge is 0.380 e. The van der Waals surface area contributed by atoms with E-state index in [9.17, 15) is 4.79 Å². The summed E-state index contributed by atoms with van der Waals surface area (Å²) in [7, 11) is 6.55. The Morgan fingerprint density at radius 1 is 0.852 bits per heavy atom. The summed E-state index contributed by atoms with van der Waals surface area (Å²) in [6.45, 7) is 4.52. The van der Waals surface area contributed by atoms with Gasteiger partial charge in [-0.1, -0.05) is 6.92 Å². The lowest BCUT2D eigenvalue weighted by Gasteiger charge is -2.42. The molecule has 0 atom stereocenters. The zero-order chi connectivity index (χ0) is 19.8. The van der Waals surface area contributed by atoms with Gasteiger partial charge in [0.1, 0.15) is 13.5 Å². The minimum absolute atomic E-state index is 0.102. The lowest BCUT2D eigenvalue weighted by Crippen LogP contribution is -2.59. The molecule has 0 saturated carbocycles. The maximum atomic E-state index is 12.5. The number of ether oxygens (including phenoxy) is 4. The van der Waals surface area contributed by atoms with Gasteiger partial charge in [-0.3, -0.25) is 9.80 Å². The first-order chi connectivity index (χ1) is 13.1. The van der Waals surface area contributed by atoms with Crippen molar-refractivity contribution < 1.29 is 23.7 Å². The molecule has 1 saturated heterocycles. The van der Waals surface area contributed by atoms with E-state index >= 15 is 0 Å². The number of hydrogen-bond donors (Lipinski definition) is 0. The van der Waals surface area contributed by atoms with Crippen molar-refractivity contribution in [2.45, 2.75) is 26.6 Å². The van der Waals surface area contributed by atoms with Crippen molar-refractivity contribution in [2.75, 3.05) is 60.1 Å². The average Bonchev–Trinajstić information content (AvgIpc) is 2.65. The van der Waals surface area contributed by atoms with Gasteiger partial charge in [0.2, 0.25) is 0 Å². The molecule has 1 aromatic carbocycles. The van der Waals surface area contributed by atoms with Crippen molar-refractivity contribution in [3.63, 3.8) is 0 Å². The topological polar surface area (TPSA) is 63.7 Å². The fraction of sp³-hybridized carbons (Fsp3) is 0.632. The molecule has 8 heteroatoms. The van der Waals surface area contributed by atoms with Crippen LogP contribution >= 0.6 is 0 Å². The van der Waals surface area contributed by atoms with Crippen molar-refractivity contribution >= 4 is 11.7 Å². The Kier molecular flexibility index (Phi) is 8.30. The molecule has 0 radical (unpaired) electrons. The minimum atomic E-state index is -0.102. The van der Waals surface area contributed by atoms with E-state index in [-0.39, 0.29) is 19.5 Å². The van der Waals surface area contributed by atoms with E-state index in [2.05, 4.69) is 24.0 Å². The third kappa shape index (κ3) is 5.10. The van der Waals surface area contributed by atoms with E-state index in [1.165, 1.54) is 5.56 Å². The molecule has 152 valence electrons. The molecular weight excluding hydrogens is 350 g/mol. The Bertz CT molecular complexity index is 580. The molecule has 0 aromatic heterocycles. The summed E-state index contributed by atoms with van der Waals surface area (Å²) in [6, 6.07) is 4.16. The van der Waals surface area contributed by atoms with E-state index in [1.54, 1.807) is 38.2 Å². The second-order valence-electron chi connectivity index (χ2n) is 6.48. The van der Waals surface area contributed by atoms with Gasteiger partial charge in [-0.25, -0.2) is 4.79 Å². The normalized spacial score (nSPS) is 15.0. The highest BCUT2D eigenvalue weighted by molar-refractivity contribution is 5.76. The second-order valence-corrected chi connectivity index (χ2v) is 6.48. The molecule has 1 fully saturated rings. The van der Waals surface area contributed by atoms with Crippen LogP contribution in [0.2, 0.25) is 0 Å². The fourth-order valence-corrected chi connectivity index (χ4v) is 3.43. The molecule has 1 aliphatic heterocycles. The van der Waals surface area contributed by atoms with Gasteiger partial charge in [-0.05, 0) is 35.2 Å². The lowest BCUT2D eigenvalue weighted by atomic mass is 9.98. The zero-order valence-electron chi connectivity index (χ0n) is 17.0. The highest BCUT2D eigenvalue weighted by Crippen LogP contribution is 2.28. The summed E-state index contributed by atoms with van der Waals surface area (Å²) >= 11 is 0. The van der Waals surface area contributed by atoms with Crippen LogP contribution in [0.25, 0.3) is 0 Å². The molecule has 0 N–H and O–H groups in total. The second kappa shape index (κ2) is 10.5. The van der Waals surface area contributed by atoms with Crippen LogP contribution in [-0.4, -0.2) is 71.1 Å². The number of carbonyl (C=O) groups excluding carboxylic acids is 1. The third-order valence-electron chi connectivity index (χ3n) is 4.53. The Hall–Kier alpha value is -1.87. The maximum absolute atomic E-state index is 12.5. The Balaban J connectivity index is 2.39. The lowest BCUT2D eigenvalue weighted by molar-refractivity contribution is 0.0174. The van der Waals surface area contributed by atoms with Gasteiger partial charge >= 0.3 is 6.03 Å². The smallest absolute Gasteiger partial charge is 0.326 e. The molecule has 8 nitrogen and oxygen atoms in total. The summed E-state index contributed by atoms with van der Waals surface area (Å²) in [5.41, 5.74) is 4.54. The van der Waals surface area contributed by atoms with Gasteiger partial charge in [0.25, 0.3) is 0 Å². The number of urea groups is 1. The predicted molar refractivity (Wildman–Crippen MR) is 102 cm³/mol. The van der Waals surface area contributed by atoms with Crippen molar-refractivity contribution in [2.24, 2.45) is 0 Å². The molecule has 2 rings (SSSR count). The van der Waals surface area contributed by atoms with Crippen LogP contribution in [0, 0.1) is 0 Å². The Morgan fingerprint density at radius 3 is 1.70 bits per heavy atom. The number of anilines is 1. The molecule has 0 bridgehead atoms. The minimum Gasteiger partial charge on any atom is -0.380 e. The quantitative estimate of drug-likeness (QED) is 0.619. The van der Waals surface area contributed by atoms with E-state index in [4.69, 9.17) is 18.9 Å². The Labute approximate surface area is 161 Å². The summed E-state index contributed by atoms with van der Waals surface area (Å²) in [5, 5.41) is 0. The maximum Gasteiger partial charge on any atom is 0.326 e. The monoisotopic (exact) mass is 381 g/mol. The number of rotatable bonds is 10. The van der Waals surface area contributed by atoms with Gasteiger partial charge in [-0.2, -0.15) is 0 Å². The van der Waals surface area contributed by atoms with Crippen molar-refractivity contribution in [1.29, 1.82) is 0 Å².